The Kier molecular flexibility index (Phi) is 6.64. The van der Waals surface area contributed by atoms with Crippen LogP contribution in [0.15, 0.2) is 41.1 Å². The number of hydrogen-bond donors (Lipinski definition) is 2. The van der Waals surface area contributed by atoms with E-state index < -0.39 is 18.1 Å². The summed E-state index contributed by atoms with van der Waals surface area (Å²) in [5.74, 6) is -0.430. The lowest BCUT2D eigenvalue weighted by Crippen LogP contribution is -2.57. The number of nitrogens with one attached hydrogen (secondary N) is 2. The molecule has 33 heavy (non-hydrogen) atoms. The van der Waals surface area contributed by atoms with Gasteiger partial charge in [0, 0.05) is 42.8 Å². The number of piperazine rings is 1. The number of benzene rings is 1. The molecule has 2 atom stereocenters. The molecule has 1 saturated heterocycles. The van der Waals surface area contributed by atoms with E-state index in [0.29, 0.717) is 13.0 Å². The molecule has 2 unspecified atom stereocenters. The molecule has 0 saturated carbocycles. The van der Waals surface area contributed by atoms with Crippen LogP contribution in [0.1, 0.15) is 35.9 Å². The summed E-state index contributed by atoms with van der Waals surface area (Å²) in [6.07, 6.45) is 1.19. The monoisotopic (exact) mass is 463 g/mol. The van der Waals surface area contributed by atoms with Crippen LogP contribution in [0.4, 0.5) is 19.2 Å². The molecule has 10 heteroatoms. The van der Waals surface area contributed by atoms with E-state index in [-0.39, 0.29) is 30.9 Å². The van der Waals surface area contributed by atoms with Crippen LogP contribution in [0.25, 0.3) is 10.9 Å². The molecule has 1 fully saturated rings. The third kappa shape index (κ3) is 5.16. The smallest absolute Gasteiger partial charge is 0.405 e. The predicted molar refractivity (Wildman–Crippen MR) is 119 cm³/mol. The molecule has 178 valence electrons. The zero-order valence-corrected chi connectivity index (χ0v) is 18.7. The number of likely N-dealkylation sites (N-methyl/N-ethyl adjacent to an activating group) is 1. The van der Waals surface area contributed by atoms with Crippen molar-refractivity contribution in [2.45, 2.75) is 44.4 Å². The van der Waals surface area contributed by atoms with E-state index in [2.05, 4.69) is 15.3 Å². The Labute approximate surface area is 189 Å². The summed E-state index contributed by atoms with van der Waals surface area (Å²) in [6, 6.07) is 6.29. The quantitative estimate of drug-likeness (QED) is 0.554. The number of hydrogen-bond acceptors (Lipinski definition) is 5. The van der Waals surface area contributed by atoms with Gasteiger partial charge in [0.05, 0.1) is 6.20 Å². The molecule has 0 radical (unpaired) electrons. The van der Waals surface area contributed by atoms with Gasteiger partial charge >= 0.3 is 6.18 Å². The van der Waals surface area contributed by atoms with Crippen molar-refractivity contribution in [2.24, 2.45) is 0 Å². The lowest BCUT2D eigenvalue weighted by Gasteiger charge is -2.39. The zero-order chi connectivity index (χ0) is 23.6. The van der Waals surface area contributed by atoms with Gasteiger partial charge in [0.1, 0.15) is 6.04 Å². The number of rotatable bonds is 7. The summed E-state index contributed by atoms with van der Waals surface area (Å²) >= 11 is 0. The van der Waals surface area contributed by atoms with Crippen LogP contribution >= 0.6 is 0 Å². The molecule has 1 amide bonds. The summed E-state index contributed by atoms with van der Waals surface area (Å²) in [5.41, 5.74) is 2.15. The van der Waals surface area contributed by atoms with E-state index in [1.807, 2.05) is 37.4 Å². The molecule has 2 aromatic heterocycles. The number of para-hydroxylation sites is 1. The number of carbonyl (C=O) groups is 1. The number of halogens is 3. The van der Waals surface area contributed by atoms with Crippen LogP contribution in [0.3, 0.4) is 0 Å². The average Bonchev–Trinajstić information content (AvgIpc) is 3.41. The summed E-state index contributed by atoms with van der Waals surface area (Å²) < 4.78 is 45.5. The highest BCUT2D eigenvalue weighted by Crippen LogP contribution is 2.29. The van der Waals surface area contributed by atoms with Gasteiger partial charge in [0.25, 0.3) is 11.9 Å². The number of nitrogens with zero attached hydrogens (tertiary/aromatic N) is 3. The van der Waals surface area contributed by atoms with Gasteiger partial charge < -0.3 is 19.6 Å². The van der Waals surface area contributed by atoms with Gasteiger partial charge in [-0.05, 0) is 31.5 Å². The molecule has 0 aliphatic carbocycles. The van der Waals surface area contributed by atoms with Gasteiger partial charge in [-0.1, -0.05) is 31.5 Å². The Hall–Kier alpha value is -3.01. The van der Waals surface area contributed by atoms with Gasteiger partial charge in [0.15, 0.2) is 0 Å². The van der Waals surface area contributed by atoms with Crippen LogP contribution < -0.4 is 10.2 Å². The fourth-order valence-electron chi connectivity index (χ4n) is 4.31. The third-order valence-corrected chi connectivity index (χ3v) is 6.13. The topological polar surface area (TPSA) is 77.4 Å². The maximum Gasteiger partial charge on any atom is 0.405 e. The second-order valence-corrected chi connectivity index (χ2v) is 8.51. The van der Waals surface area contributed by atoms with Crippen molar-refractivity contribution >= 4 is 22.8 Å². The van der Waals surface area contributed by atoms with Crippen molar-refractivity contribution in [3.63, 3.8) is 0 Å². The van der Waals surface area contributed by atoms with Crippen LogP contribution in [0.5, 0.6) is 0 Å². The van der Waals surface area contributed by atoms with Crippen LogP contribution in [0, 0.1) is 0 Å². The average molecular weight is 464 g/mol. The molecule has 1 aliphatic rings. The third-order valence-electron chi connectivity index (χ3n) is 6.13. The minimum atomic E-state index is -4.35. The summed E-state index contributed by atoms with van der Waals surface area (Å²) in [6.45, 7) is 2.31. The van der Waals surface area contributed by atoms with Gasteiger partial charge in [-0.2, -0.15) is 13.2 Å². The molecule has 7 nitrogen and oxygen atoms in total. The first-order chi connectivity index (χ1) is 15.8. The first-order valence-electron chi connectivity index (χ1n) is 11.1. The van der Waals surface area contributed by atoms with Crippen LogP contribution in [-0.2, 0) is 6.42 Å². The highest BCUT2D eigenvalue weighted by molar-refractivity contribution is 5.91. The van der Waals surface area contributed by atoms with E-state index in [1.54, 1.807) is 0 Å². The Morgan fingerprint density at radius 3 is 2.88 bits per heavy atom. The Morgan fingerprint density at radius 2 is 2.12 bits per heavy atom. The number of carbonyl (C=O) groups excluding carboxylic acids is 1. The van der Waals surface area contributed by atoms with Gasteiger partial charge in [-0.3, -0.25) is 9.69 Å². The normalized spacial score (nSPS) is 18.6. The fourth-order valence-corrected chi connectivity index (χ4v) is 4.31. The minimum Gasteiger partial charge on any atom is -0.418 e. The number of fused-ring (bicyclic) bond motifs is 1. The van der Waals surface area contributed by atoms with E-state index in [1.165, 1.54) is 23.0 Å². The van der Waals surface area contributed by atoms with Crippen molar-refractivity contribution in [2.75, 3.05) is 31.6 Å². The maximum atomic E-state index is 13.3. The second-order valence-electron chi connectivity index (χ2n) is 8.51. The van der Waals surface area contributed by atoms with Crippen LogP contribution in [-0.4, -0.2) is 65.7 Å². The van der Waals surface area contributed by atoms with Gasteiger partial charge in [-0.15, -0.1) is 0 Å². The lowest BCUT2D eigenvalue weighted by atomic mass is 10.0. The molecular formula is C23H28F3N5O2. The number of alkyl halides is 3. The summed E-state index contributed by atoms with van der Waals surface area (Å²) in [7, 11) is 1.45. The second kappa shape index (κ2) is 9.46. The standard InChI is InChI=1S/C23H28F3N5O2/c1-3-6-16(11-15-12-27-18-8-5-4-7-17(15)18)29-21(32)19-13-28-22(33-19)31-10-9-30(2)20(14-31)23(24,25)26/h4-5,7-8,12-13,16,20,27H,3,6,9-11,14H2,1-2H3,(H,29,32). The molecule has 1 aliphatic heterocycles. The molecule has 0 bridgehead atoms. The highest BCUT2D eigenvalue weighted by atomic mass is 19.4. The summed E-state index contributed by atoms with van der Waals surface area (Å²) in [5, 5.41) is 4.12. The molecule has 0 spiro atoms. The lowest BCUT2D eigenvalue weighted by molar-refractivity contribution is -0.180. The van der Waals surface area contributed by atoms with E-state index in [4.69, 9.17) is 4.42 Å². The van der Waals surface area contributed by atoms with Gasteiger partial charge in [-0.25, -0.2) is 4.98 Å². The molecule has 3 heterocycles. The van der Waals surface area contributed by atoms with E-state index >= 15 is 0 Å². The molecule has 4 rings (SSSR count). The first-order valence-corrected chi connectivity index (χ1v) is 11.1. The molecule has 2 N–H and O–H groups in total. The number of anilines is 1. The van der Waals surface area contributed by atoms with E-state index in [0.717, 1.165) is 29.3 Å². The van der Waals surface area contributed by atoms with Crippen molar-refractivity contribution in [3.05, 3.63) is 48.0 Å². The minimum absolute atomic E-state index is 0.00693. The predicted octanol–water partition coefficient (Wildman–Crippen LogP) is 3.98. The Balaban J connectivity index is 1.43. The zero-order valence-electron chi connectivity index (χ0n) is 18.7. The number of amides is 1. The summed E-state index contributed by atoms with van der Waals surface area (Å²) in [4.78, 5) is 22.9. The number of aromatic amines is 1. The number of H-pyrrole nitrogens is 1. The molecular weight excluding hydrogens is 435 g/mol. The largest absolute Gasteiger partial charge is 0.418 e. The maximum absolute atomic E-state index is 13.3. The number of oxazole rings is 1. The van der Waals surface area contributed by atoms with Gasteiger partial charge in [0.2, 0.25) is 5.76 Å². The fraction of sp³-hybridized carbons (Fsp3) is 0.478. The van der Waals surface area contributed by atoms with Crippen molar-refractivity contribution in [1.82, 2.24) is 20.2 Å². The molecule has 3 aromatic rings. The SMILES string of the molecule is CCCC(Cc1c[nH]c2ccccc12)NC(=O)c1cnc(N2CCN(C)C(C(F)(F)F)C2)o1. The van der Waals surface area contributed by atoms with Crippen molar-refractivity contribution < 1.29 is 22.4 Å². The van der Waals surface area contributed by atoms with Crippen LogP contribution in [0.2, 0.25) is 0 Å². The Bertz CT molecular complexity index is 1090. The van der Waals surface area contributed by atoms with Crippen molar-refractivity contribution in [1.29, 1.82) is 0 Å². The van der Waals surface area contributed by atoms with E-state index in [9.17, 15) is 18.0 Å². The Morgan fingerprint density at radius 1 is 1.33 bits per heavy atom. The first kappa shape index (κ1) is 23.2. The van der Waals surface area contributed by atoms with Crippen molar-refractivity contribution in [3.8, 4) is 0 Å². The number of aromatic nitrogens is 2. The molecule has 1 aromatic carbocycles. The highest BCUT2D eigenvalue weighted by Gasteiger charge is 2.45.